The van der Waals surface area contributed by atoms with Crippen LogP contribution in [0.25, 0.3) is 5.69 Å². The molecule has 0 aliphatic carbocycles. The summed E-state index contributed by atoms with van der Waals surface area (Å²) in [5, 5.41) is 9.88. The fraction of sp³-hybridized carbons (Fsp3) is 0.444. The molecule has 0 spiro atoms. The Morgan fingerprint density at radius 2 is 1.79 bits per heavy atom. The van der Waals surface area contributed by atoms with E-state index in [1.807, 2.05) is 0 Å². The first kappa shape index (κ1) is 28.1. The lowest BCUT2D eigenvalue weighted by Crippen LogP contribution is -2.39. The number of carbonyl (C=O) groups excluding carboxylic acids is 3. The quantitative estimate of drug-likeness (QED) is 0.313. The topological polar surface area (TPSA) is 110 Å². The van der Waals surface area contributed by atoms with Gasteiger partial charge in [0, 0.05) is 38.7 Å². The number of nitrogens with zero attached hydrogens (tertiary/aromatic N) is 4. The van der Waals surface area contributed by atoms with E-state index in [-0.39, 0.29) is 37.0 Å². The maximum absolute atomic E-state index is 13.5. The highest BCUT2D eigenvalue weighted by molar-refractivity contribution is 5.98. The van der Waals surface area contributed by atoms with Crippen LogP contribution in [0.4, 0.5) is 13.2 Å². The van der Waals surface area contributed by atoms with Crippen molar-refractivity contribution in [1.29, 1.82) is 0 Å². The number of hydrogen-bond acceptors (Lipinski definition) is 6. The Morgan fingerprint density at radius 3 is 2.41 bits per heavy atom. The number of nitrogens with one attached hydrogen (secondary N) is 1. The van der Waals surface area contributed by atoms with Gasteiger partial charge in [-0.15, -0.1) is 0 Å². The Morgan fingerprint density at radius 1 is 1.10 bits per heavy atom. The molecule has 2 aromatic heterocycles. The van der Waals surface area contributed by atoms with Crippen LogP contribution < -0.4 is 5.32 Å². The van der Waals surface area contributed by atoms with Crippen LogP contribution in [0.1, 0.15) is 70.0 Å². The molecule has 2 amide bonds. The summed E-state index contributed by atoms with van der Waals surface area (Å²) in [7, 11) is 0. The van der Waals surface area contributed by atoms with Gasteiger partial charge in [0.15, 0.2) is 11.5 Å². The zero-order valence-corrected chi connectivity index (χ0v) is 21.8. The molecule has 0 saturated carbocycles. The van der Waals surface area contributed by atoms with Crippen molar-refractivity contribution in [2.75, 3.05) is 19.6 Å². The minimum Gasteiger partial charge on any atom is -0.361 e. The van der Waals surface area contributed by atoms with Crippen LogP contribution in [-0.4, -0.2) is 57.1 Å². The van der Waals surface area contributed by atoms with Crippen LogP contribution in [0.3, 0.4) is 0 Å². The molecule has 12 heteroatoms. The van der Waals surface area contributed by atoms with Gasteiger partial charge in [0.25, 0.3) is 5.91 Å². The zero-order valence-electron chi connectivity index (χ0n) is 21.8. The van der Waals surface area contributed by atoms with E-state index >= 15 is 0 Å². The van der Waals surface area contributed by atoms with Crippen LogP contribution in [0, 0.1) is 19.8 Å². The molecule has 9 nitrogen and oxygen atoms in total. The molecule has 1 aliphatic rings. The molecule has 39 heavy (non-hydrogen) atoms. The number of likely N-dealkylation sites (tertiary alicyclic amines) is 1. The Labute approximate surface area is 223 Å². The number of benzene rings is 1. The van der Waals surface area contributed by atoms with E-state index in [4.69, 9.17) is 4.52 Å². The number of rotatable bonds is 9. The van der Waals surface area contributed by atoms with E-state index in [9.17, 15) is 27.6 Å². The molecule has 3 aromatic rings. The van der Waals surface area contributed by atoms with E-state index in [0.29, 0.717) is 55.1 Å². The number of halogens is 3. The second kappa shape index (κ2) is 11.8. The number of aromatic nitrogens is 3. The van der Waals surface area contributed by atoms with Gasteiger partial charge in [-0.1, -0.05) is 23.4 Å². The molecule has 1 aliphatic heterocycles. The molecule has 1 fully saturated rings. The summed E-state index contributed by atoms with van der Waals surface area (Å²) >= 11 is 0. The first-order valence-electron chi connectivity index (χ1n) is 12.8. The maximum atomic E-state index is 13.5. The second-order valence-corrected chi connectivity index (χ2v) is 9.68. The third-order valence-electron chi connectivity index (χ3n) is 6.85. The molecule has 0 bridgehead atoms. The molecule has 4 rings (SSSR count). The van der Waals surface area contributed by atoms with Crippen LogP contribution in [0.5, 0.6) is 0 Å². The molecule has 1 aromatic carbocycles. The third-order valence-corrected chi connectivity index (χ3v) is 6.85. The summed E-state index contributed by atoms with van der Waals surface area (Å²) in [4.78, 5) is 39.5. The van der Waals surface area contributed by atoms with Crippen molar-refractivity contribution >= 4 is 17.6 Å². The van der Waals surface area contributed by atoms with Crippen molar-refractivity contribution in [1.82, 2.24) is 25.2 Å². The average Bonchev–Trinajstić information content (AvgIpc) is 3.51. The van der Waals surface area contributed by atoms with Crippen LogP contribution in [0.2, 0.25) is 0 Å². The predicted molar refractivity (Wildman–Crippen MR) is 134 cm³/mol. The number of para-hydroxylation sites is 1. The number of piperidine rings is 1. The Balaban J connectivity index is 1.23. The van der Waals surface area contributed by atoms with Gasteiger partial charge in [0.05, 0.1) is 22.5 Å². The Hall–Kier alpha value is -3.96. The average molecular weight is 546 g/mol. The summed E-state index contributed by atoms with van der Waals surface area (Å²) in [6.45, 7) is 4.54. The van der Waals surface area contributed by atoms with Gasteiger partial charge in [-0.25, -0.2) is 4.68 Å². The highest BCUT2D eigenvalue weighted by Crippen LogP contribution is 2.31. The lowest BCUT2D eigenvalue weighted by molar-refractivity contribution is -0.141. The third kappa shape index (κ3) is 6.73. The maximum Gasteiger partial charge on any atom is 0.435 e. The van der Waals surface area contributed by atoms with Crippen LogP contribution >= 0.6 is 0 Å². The number of hydrogen-bond donors (Lipinski definition) is 1. The minimum absolute atomic E-state index is 0.00485. The molecule has 1 N–H and O–H groups in total. The van der Waals surface area contributed by atoms with Crippen molar-refractivity contribution in [2.45, 2.75) is 52.1 Å². The van der Waals surface area contributed by atoms with Gasteiger partial charge < -0.3 is 14.7 Å². The van der Waals surface area contributed by atoms with E-state index in [0.717, 1.165) is 10.9 Å². The van der Waals surface area contributed by atoms with Crippen LogP contribution in [0.15, 0.2) is 41.1 Å². The van der Waals surface area contributed by atoms with Gasteiger partial charge >= 0.3 is 6.18 Å². The van der Waals surface area contributed by atoms with E-state index in [1.165, 1.54) is 0 Å². The first-order valence-corrected chi connectivity index (χ1v) is 12.8. The molecular weight excluding hydrogens is 515 g/mol. The standard InChI is InChI=1S/C27H30F3N5O4/c1-17-24(18(2)39-33-17)22(36)15-19-10-13-34(14-11-19)23(37)9-6-12-31-26(38)21-16-35(20-7-4-3-5-8-20)32-25(21)27(28,29)30/h3-5,7-8,16,19H,6,9-15H2,1-2H3,(H,31,38). The highest BCUT2D eigenvalue weighted by Gasteiger charge is 2.39. The SMILES string of the molecule is Cc1noc(C)c1C(=O)CC1CCN(C(=O)CCCNC(=O)c2cn(-c3ccccc3)nc2C(F)(F)F)CC1. The zero-order chi connectivity index (χ0) is 28.2. The number of carbonyl (C=O) groups is 3. The summed E-state index contributed by atoms with van der Waals surface area (Å²) in [5.74, 6) is -0.325. The molecule has 0 atom stereocenters. The summed E-state index contributed by atoms with van der Waals surface area (Å²) in [5.41, 5.74) is -0.340. The number of amides is 2. The fourth-order valence-corrected chi connectivity index (χ4v) is 4.79. The molecule has 208 valence electrons. The lowest BCUT2D eigenvalue weighted by atomic mass is 9.89. The van der Waals surface area contributed by atoms with Crippen LogP contribution in [-0.2, 0) is 11.0 Å². The number of Topliss-reactive ketones (excluding diaryl/α,β-unsaturated/α-hetero) is 1. The number of ketones is 1. The van der Waals surface area contributed by atoms with Gasteiger partial charge in [0.2, 0.25) is 5.91 Å². The summed E-state index contributed by atoms with van der Waals surface area (Å²) in [6, 6.07) is 8.20. The molecule has 1 saturated heterocycles. The van der Waals surface area contributed by atoms with Gasteiger partial charge in [-0.05, 0) is 51.2 Å². The van der Waals surface area contributed by atoms with Crippen molar-refractivity contribution in [3.05, 3.63) is 64.8 Å². The highest BCUT2D eigenvalue weighted by atomic mass is 19.4. The summed E-state index contributed by atoms with van der Waals surface area (Å²) < 4.78 is 46.6. The predicted octanol–water partition coefficient (Wildman–Crippen LogP) is 4.52. The Kier molecular flexibility index (Phi) is 8.51. The van der Waals surface area contributed by atoms with Gasteiger partial charge in [-0.3, -0.25) is 14.4 Å². The van der Waals surface area contributed by atoms with Crippen molar-refractivity contribution in [3.63, 3.8) is 0 Å². The molecule has 0 unspecified atom stereocenters. The fourth-order valence-electron chi connectivity index (χ4n) is 4.79. The smallest absolute Gasteiger partial charge is 0.361 e. The van der Waals surface area contributed by atoms with E-state index in [2.05, 4.69) is 15.6 Å². The molecular formula is C27H30F3N5O4. The van der Waals surface area contributed by atoms with Crippen molar-refractivity contribution < 1.29 is 32.1 Å². The van der Waals surface area contributed by atoms with Gasteiger partial charge in [-0.2, -0.15) is 18.3 Å². The molecule has 3 heterocycles. The largest absolute Gasteiger partial charge is 0.435 e. The minimum atomic E-state index is -4.80. The normalized spacial score (nSPS) is 14.4. The monoisotopic (exact) mass is 545 g/mol. The van der Waals surface area contributed by atoms with E-state index in [1.54, 1.807) is 49.1 Å². The van der Waals surface area contributed by atoms with Crippen molar-refractivity contribution in [3.8, 4) is 5.69 Å². The summed E-state index contributed by atoms with van der Waals surface area (Å²) in [6.07, 6.45) is -1.54. The Bertz CT molecular complexity index is 1310. The molecule has 0 radical (unpaired) electrons. The number of alkyl halides is 3. The van der Waals surface area contributed by atoms with Crippen molar-refractivity contribution in [2.24, 2.45) is 5.92 Å². The van der Waals surface area contributed by atoms with E-state index < -0.39 is 23.3 Å². The second-order valence-electron chi connectivity index (χ2n) is 9.68. The number of aryl methyl sites for hydroxylation is 2. The first-order chi connectivity index (χ1) is 18.5. The van der Waals surface area contributed by atoms with Gasteiger partial charge in [0.1, 0.15) is 5.76 Å². The lowest BCUT2D eigenvalue weighted by Gasteiger charge is -2.32.